The Kier molecular flexibility index (Phi) is 5.78. The molecule has 0 aliphatic carbocycles. The topological polar surface area (TPSA) is 68.5 Å². The molecule has 0 spiro atoms. The Hall–Kier alpha value is -1.72. The zero-order chi connectivity index (χ0) is 18.0. The number of carbonyl (C=O) groups is 1. The van der Waals surface area contributed by atoms with Gasteiger partial charge >= 0.3 is 5.97 Å². The predicted molar refractivity (Wildman–Crippen MR) is 96.0 cm³/mol. The summed E-state index contributed by atoms with van der Waals surface area (Å²) in [4.78, 5) is 24.6. The summed E-state index contributed by atoms with van der Waals surface area (Å²) in [6, 6.07) is 2.59. The number of fused-ring (bicyclic) bond motifs is 1. The Balaban J connectivity index is 2.92. The van der Waals surface area contributed by atoms with Crippen LogP contribution in [0.5, 0.6) is 5.75 Å². The van der Waals surface area contributed by atoms with Crippen LogP contribution in [0.2, 0.25) is 10.0 Å². The van der Waals surface area contributed by atoms with Gasteiger partial charge in [-0.1, -0.05) is 36.5 Å². The lowest BCUT2D eigenvalue weighted by atomic mass is 10.1. The largest absolute Gasteiger partial charge is 0.490 e. The van der Waals surface area contributed by atoms with Crippen LogP contribution in [0.25, 0.3) is 10.8 Å². The molecule has 24 heavy (non-hydrogen) atoms. The first kappa shape index (κ1) is 18.6. The molecule has 5 nitrogen and oxygen atoms in total. The summed E-state index contributed by atoms with van der Waals surface area (Å²) in [5, 5.41) is 10.8. The third-order valence-corrected chi connectivity index (χ3v) is 4.40. The van der Waals surface area contributed by atoms with E-state index in [0.29, 0.717) is 12.0 Å². The number of aromatic carboxylic acids is 1. The van der Waals surface area contributed by atoms with E-state index in [1.54, 1.807) is 13.8 Å². The van der Waals surface area contributed by atoms with Gasteiger partial charge in [-0.25, -0.2) is 4.79 Å². The molecule has 130 valence electrons. The Labute approximate surface area is 149 Å². The van der Waals surface area contributed by atoms with E-state index in [-0.39, 0.29) is 32.9 Å². The van der Waals surface area contributed by atoms with Crippen molar-refractivity contribution in [3.63, 3.8) is 0 Å². The lowest BCUT2D eigenvalue weighted by Gasteiger charge is -2.20. The van der Waals surface area contributed by atoms with E-state index in [0.717, 1.165) is 12.8 Å². The van der Waals surface area contributed by atoms with Crippen LogP contribution in [-0.2, 0) is 0 Å². The molecule has 1 N–H and O–H groups in total. The van der Waals surface area contributed by atoms with Gasteiger partial charge in [0.05, 0.1) is 22.0 Å². The van der Waals surface area contributed by atoms with Crippen LogP contribution in [0.15, 0.2) is 16.9 Å². The molecule has 0 radical (unpaired) electrons. The van der Waals surface area contributed by atoms with Crippen molar-refractivity contribution in [3.05, 3.63) is 38.2 Å². The molecule has 0 amide bonds. The Bertz CT molecular complexity index is 843. The van der Waals surface area contributed by atoms with Gasteiger partial charge in [-0.3, -0.25) is 9.36 Å². The van der Waals surface area contributed by atoms with Crippen LogP contribution in [-0.4, -0.2) is 22.2 Å². The van der Waals surface area contributed by atoms with Gasteiger partial charge in [0.25, 0.3) is 5.56 Å². The third-order valence-electron chi connectivity index (χ3n) is 3.67. The second kappa shape index (κ2) is 7.45. The summed E-state index contributed by atoms with van der Waals surface area (Å²) in [6.45, 7) is 5.84. The highest BCUT2D eigenvalue weighted by Gasteiger charge is 2.25. The van der Waals surface area contributed by atoms with Crippen molar-refractivity contribution < 1.29 is 14.6 Å². The number of hydrogen-bond donors (Lipinski definition) is 1. The smallest absolute Gasteiger partial charge is 0.356 e. The monoisotopic (exact) mass is 371 g/mol. The zero-order valence-electron chi connectivity index (χ0n) is 13.7. The normalized spacial score (nSPS) is 11.2. The number of pyridine rings is 1. The highest BCUT2D eigenvalue weighted by atomic mass is 35.5. The molecule has 0 aliphatic rings. The fourth-order valence-electron chi connectivity index (χ4n) is 2.54. The van der Waals surface area contributed by atoms with Crippen LogP contribution in [0.4, 0.5) is 0 Å². The Morgan fingerprint density at radius 1 is 1.25 bits per heavy atom. The minimum absolute atomic E-state index is 0.151. The van der Waals surface area contributed by atoms with Crippen LogP contribution in [0.1, 0.15) is 50.1 Å². The number of ether oxygens (including phenoxy) is 1. The highest BCUT2D eigenvalue weighted by molar-refractivity contribution is 6.42. The predicted octanol–water partition coefficient (Wildman–Crippen LogP) is 4.77. The lowest BCUT2D eigenvalue weighted by Crippen LogP contribution is -2.29. The standard InChI is InChI=1S/C17H19Cl2NO4/c1-4-5-6-24-15-10-7-12(18)13(19)8-11(10)16(21)20(9(2)3)14(15)17(22)23/h7-9H,4-6H2,1-3H3,(H,22,23). The van der Waals surface area contributed by atoms with Gasteiger partial charge in [0.2, 0.25) is 0 Å². The number of halogens is 2. The van der Waals surface area contributed by atoms with Gasteiger partial charge in [0.15, 0.2) is 11.4 Å². The zero-order valence-corrected chi connectivity index (χ0v) is 15.2. The van der Waals surface area contributed by atoms with Crippen LogP contribution >= 0.6 is 23.2 Å². The molecule has 7 heteroatoms. The molecule has 0 fully saturated rings. The second-order valence-electron chi connectivity index (χ2n) is 5.77. The van der Waals surface area contributed by atoms with Crippen molar-refractivity contribution in [3.8, 4) is 5.75 Å². The van der Waals surface area contributed by atoms with Gasteiger partial charge in [-0.2, -0.15) is 0 Å². The first-order valence-electron chi connectivity index (χ1n) is 7.72. The third kappa shape index (κ3) is 3.37. The van der Waals surface area contributed by atoms with Gasteiger partial charge < -0.3 is 9.84 Å². The molecule has 0 aliphatic heterocycles. The molecular weight excluding hydrogens is 353 g/mol. The number of nitrogens with zero attached hydrogens (tertiary/aromatic N) is 1. The number of carboxylic acid groups (broad SMARTS) is 1. The van der Waals surface area contributed by atoms with Crippen molar-refractivity contribution in [2.75, 3.05) is 6.61 Å². The molecule has 0 saturated heterocycles. The molecule has 0 saturated carbocycles. The Morgan fingerprint density at radius 3 is 2.33 bits per heavy atom. The number of hydrogen-bond acceptors (Lipinski definition) is 3. The van der Waals surface area contributed by atoms with Gasteiger partial charge in [-0.15, -0.1) is 0 Å². The lowest BCUT2D eigenvalue weighted by molar-refractivity contribution is 0.0676. The van der Waals surface area contributed by atoms with E-state index in [9.17, 15) is 14.7 Å². The van der Waals surface area contributed by atoms with Gasteiger partial charge in [0, 0.05) is 11.4 Å². The second-order valence-corrected chi connectivity index (χ2v) is 6.58. The number of aromatic nitrogens is 1. The summed E-state index contributed by atoms with van der Waals surface area (Å²) in [5.41, 5.74) is -0.601. The number of benzene rings is 1. The van der Waals surface area contributed by atoms with Crippen molar-refractivity contribution in [1.82, 2.24) is 4.57 Å². The average Bonchev–Trinajstić information content (AvgIpc) is 2.50. The quantitative estimate of drug-likeness (QED) is 0.742. The number of rotatable bonds is 6. The van der Waals surface area contributed by atoms with E-state index < -0.39 is 11.5 Å². The summed E-state index contributed by atoms with van der Waals surface area (Å²) in [7, 11) is 0. The van der Waals surface area contributed by atoms with Crippen molar-refractivity contribution in [2.24, 2.45) is 0 Å². The maximum absolute atomic E-state index is 12.8. The maximum Gasteiger partial charge on any atom is 0.356 e. The van der Waals surface area contributed by atoms with Crippen LogP contribution in [0, 0.1) is 0 Å². The molecule has 0 atom stereocenters. The molecule has 2 rings (SSSR count). The molecule has 1 aromatic heterocycles. The van der Waals surface area contributed by atoms with Crippen molar-refractivity contribution >= 4 is 39.9 Å². The van der Waals surface area contributed by atoms with E-state index >= 15 is 0 Å². The summed E-state index contributed by atoms with van der Waals surface area (Å²) in [5.74, 6) is -1.07. The SMILES string of the molecule is CCCCOc1c(C(=O)O)n(C(C)C)c(=O)c2cc(Cl)c(Cl)cc12. The fourth-order valence-corrected chi connectivity index (χ4v) is 2.86. The maximum atomic E-state index is 12.8. The minimum Gasteiger partial charge on any atom is -0.490 e. The number of carboxylic acids is 1. The summed E-state index contributed by atoms with van der Waals surface area (Å²) < 4.78 is 6.97. The first-order chi connectivity index (χ1) is 11.3. The van der Waals surface area contributed by atoms with E-state index in [1.807, 2.05) is 6.92 Å². The number of unbranched alkanes of at least 4 members (excludes halogenated alkanes) is 1. The molecule has 0 bridgehead atoms. The molecule has 2 aromatic rings. The van der Waals surface area contributed by atoms with Crippen LogP contribution in [0.3, 0.4) is 0 Å². The fraction of sp³-hybridized carbons (Fsp3) is 0.412. The van der Waals surface area contributed by atoms with Gasteiger partial charge in [0.1, 0.15) is 0 Å². The molecule has 1 aromatic carbocycles. The average molecular weight is 372 g/mol. The van der Waals surface area contributed by atoms with Crippen molar-refractivity contribution in [1.29, 1.82) is 0 Å². The van der Waals surface area contributed by atoms with Gasteiger partial charge in [-0.05, 0) is 32.4 Å². The Morgan fingerprint density at radius 2 is 1.83 bits per heavy atom. The first-order valence-corrected chi connectivity index (χ1v) is 8.48. The molecular formula is C17H19Cl2NO4. The highest BCUT2D eigenvalue weighted by Crippen LogP contribution is 2.35. The van der Waals surface area contributed by atoms with E-state index in [4.69, 9.17) is 27.9 Å². The molecule has 0 unspecified atom stereocenters. The minimum atomic E-state index is -1.22. The van der Waals surface area contributed by atoms with Crippen LogP contribution < -0.4 is 10.3 Å². The molecule has 1 heterocycles. The van der Waals surface area contributed by atoms with E-state index in [2.05, 4.69) is 0 Å². The summed E-state index contributed by atoms with van der Waals surface area (Å²) in [6.07, 6.45) is 1.67. The van der Waals surface area contributed by atoms with E-state index in [1.165, 1.54) is 16.7 Å². The summed E-state index contributed by atoms with van der Waals surface area (Å²) >= 11 is 12.1. The van der Waals surface area contributed by atoms with Crippen molar-refractivity contribution in [2.45, 2.75) is 39.7 Å².